The first-order valence-corrected chi connectivity index (χ1v) is 12.9. The molecule has 3 N–H and O–H groups in total. The summed E-state index contributed by atoms with van der Waals surface area (Å²) in [4.78, 5) is 55.5. The lowest BCUT2D eigenvalue weighted by Crippen LogP contribution is -2.71. The maximum atomic E-state index is 13.8. The summed E-state index contributed by atoms with van der Waals surface area (Å²) >= 11 is 0. The first-order chi connectivity index (χ1) is 17.4. The van der Waals surface area contributed by atoms with Crippen LogP contribution < -0.4 is 16.0 Å². The second-order valence-corrected chi connectivity index (χ2v) is 9.55. The minimum atomic E-state index is -0.959. The van der Waals surface area contributed by atoms with E-state index in [1.54, 1.807) is 36.8 Å². The third-order valence-electron chi connectivity index (χ3n) is 7.33. The third kappa shape index (κ3) is 5.32. The summed E-state index contributed by atoms with van der Waals surface area (Å²) in [6.45, 7) is 4.16. The van der Waals surface area contributed by atoms with Crippen molar-refractivity contribution < 1.29 is 14.4 Å². The Morgan fingerprint density at radius 3 is 2.50 bits per heavy atom. The summed E-state index contributed by atoms with van der Waals surface area (Å²) in [5.74, 6) is -0.481. The zero-order valence-corrected chi connectivity index (χ0v) is 21.0. The van der Waals surface area contributed by atoms with Gasteiger partial charge in [-0.1, -0.05) is 26.2 Å². The maximum absolute atomic E-state index is 13.8. The van der Waals surface area contributed by atoms with Crippen LogP contribution in [0.4, 0.5) is 16.6 Å². The van der Waals surface area contributed by atoms with Crippen LogP contribution in [0.1, 0.15) is 57.9 Å². The van der Waals surface area contributed by atoms with Gasteiger partial charge in [0.2, 0.25) is 11.9 Å². The van der Waals surface area contributed by atoms with E-state index in [4.69, 9.17) is 5.73 Å². The summed E-state index contributed by atoms with van der Waals surface area (Å²) in [6, 6.07) is 3.63. The van der Waals surface area contributed by atoms with Gasteiger partial charge in [0.05, 0.1) is 5.92 Å². The molecule has 1 aliphatic heterocycles. The minimum Gasteiger partial charge on any atom is -0.384 e. The number of carbonyl (C=O) groups is 3. The van der Waals surface area contributed by atoms with Crippen LogP contribution in [-0.2, 0) is 16.0 Å². The number of aromatic nitrogens is 3. The second kappa shape index (κ2) is 11.5. The number of anilines is 2. The fourth-order valence-corrected chi connectivity index (χ4v) is 5.44. The lowest BCUT2D eigenvalue weighted by Gasteiger charge is -2.46. The highest BCUT2D eigenvalue weighted by Crippen LogP contribution is 2.34. The number of carbonyl (C=O) groups excluding carboxylic acids is 3. The Kier molecular flexibility index (Phi) is 8.12. The number of hydrogen-bond donors (Lipinski definition) is 2. The number of nitrogens with one attached hydrogen (secondary N) is 1. The fourth-order valence-electron chi connectivity index (χ4n) is 5.44. The van der Waals surface area contributed by atoms with Crippen LogP contribution in [0, 0.1) is 11.8 Å². The number of β-lactam (4-membered cyclic amide) rings is 1. The average Bonchev–Trinajstić information content (AvgIpc) is 2.90. The topological polar surface area (TPSA) is 134 Å². The molecule has 0 radical (unpaired) electrons. The van der Waals surface area contributed by atoms with Crippen molar-refractivity contribution >= 4 is 29.6 Å². The molecule has 0 unspecified atom stereocenters. The number of imide groups is 1. The lowest BCUT2D eigenvalue weighted by molar-refractivity contribution is -0.156. The van der Waals surface area contributed by atoms with E-state index >= 15 is 0 Å². The van der Waals surface area contributed by atoms with Gasteiger partial charge in [0.1, 0.15) is 11.9 Å². The van der Waals surface area contributed by atoms with Gasteiger partial charge in [-0.15, -0.1) is 0 Å². The van der Waals surface area contributed by atoms with Crippen LogP contribution in [-0.4, -0.2) is 56.3 Å². The van der Waals surface area contributed by atoms with Gasteiger partial charge in [-0.2, -0.15) is 0 Å². The smallest absolute Gasteiger partial charge is 0.325 e. The van der Waals surface area contributed by atoms with Gasteiger partial charge in [-0.3, -0.25) is 19.4 Å². The molecule has 2 aliphatic rings. The number of likely N-dealkylation sites (tertiary alicyclic amines) is 1. The van der Waals surface area contributed by atoms with Gasteiger partial charge in [-0.25, -0.2) is 19.7 Å². The molecule has 3 atom stereocenters. The molecule has 1 saturated carbocycles. The van der Waals surface area contributed by atoms with Crippen LogP contribution in [0.5, 0.6) is 0 Å². The highest BCUT2D eigenvalue weighted by molar-refractivity contribution is 6.12. The Labute approximate surface area is 211 Å². The minimum absolute atomic E-state index is 0.0277. The molecule has 0 spiro atoms. The van der Waals surface area contributed by atoms with Gasteiger partial charge in [0.15, 0.2) is 0 Å². The van der Waals surface area contributed by atoms with Crippen LogP contribution in [0.2, 0.25) is 0 Å². The summed E-state index contributed by atoms with van der Waals surface area (Å²) in [5, 5.41) is 3.08. The highest BCUT2D eigenvalue weighted by Gasteiger charge is 2.56. The molecule has 2 fully saturated rings. The number of hydrogen-bond acceptors (Lipinski definition) is 7. The van der Waals surface area contributed by atoms with Gasteiger partial charge in [0.25, 0.3) is 5.91 Å². The van der Waals surface area contributed by atoms with Gasteiger partial charge in [-0.05, 0) is 62.3 Å². The van der Waals surface area contributed by atoms with E-state index in [9.17, 15) is 14.4 Å². The molecule has 2 aromatic heterocycles. The number of rotatable bonds is 8. The number of amides is 4. The Morgan fingerprint density at radius 1 is 1.14 bits per heavy atom. The molecule has 0 aromatic carbocycles. The Morgan fingerprint density at radius 2 is 1.86 bits per heavy atom. The van der Waals surface area contributed by atoms with Crippen molar-refractivity contribution in [3.05, 3.63) is 42.4 Å². The van der Waals surface area contributed by atoms with Crippen LogP contribution in [0.3, 0.4) is 0 Å². The first-order valence-electron chi connectivity index (χ1n) is 12.9. The van der Waals surface area contributed by atoms with Crippen molar-refractivity contribution in [1.29, 1.82) is 0 Å². The third-order valence-corrected chi connectivity index (χ3v) is 7.33. The molecule has 36 heavy (non-hydrogen) atoms. The first kappa shape index (κ1) is 25.5. The van der Waals surface area contributed by atoms with Crippen molar-refractivity contribution in [1.82, 2.24) is 25.2 Å². The van der Waals surface area contributed by atoms with Gasteiger partial charge in [0, 0.05) is 31.2 Å². The van der Waals surface area contributed by atoms with Gasteiger partial charge < -0.3 is 11.1 Å². The van der Waals surface area contributed by atoms with Gasteiger partial charge >= 0.3 is 6.03 Å². The van der Waals surface area contributed by atoms with Crippen molar-refractivity contribution in [3.63, 3.8) is 0 Å². The van der Waals surface area contributed by atoms with E-state index < -0.39 is 18.0 Å². The van der Waals surface area contributed by atoms with E-state index in [-0.39, 0.29) is 30.2 Å². The lowest BCUT2D eigenvalue weighted by atomic mass is 9.81. The largest absolute Gasteiger partial charge is 0.384 e. The number of nitrogen functional groups attached to an aromatic ring is 1. The quantitative estimate of drug-likeness (QED) is 0.540. The van der Waals surface area contributed by atoms with E-state index in [0.717, 1.165) is 42.6 Å². The van der Waals surface area contributed by atoms with Crippen LogP contribution in [0.15, 0.2) is 36.8 Å². The molecule has 1 saturated heterocycles. The molecule has 10 heteroatoms. The highest BCUT2D eigenvalue weighted by atomic mass is 16.2. The number of likely N-dealkylation sites (N-methyl/N-ethyl adjacent to an activating group) is 1. The van der Waals surface area contributed by atoms with Crippen LogP contribution in [0.25, 0.3) is 0 Å². The molecule has 2 aromatic rings. The monoisotopic (exact) mass is 493 g/mol. The number of pyridine rings is 1. The van der Waals surface area contributed by atoms with Crippen molar-refractivity contribution in [2.75, 3.05) is 17.2 Å². The standard InChI is InChI=1S/C26H35N7O3/c1-3-20(18-9-6-5-7-10-18)31-26(36)33-22(24(35)32(4-2)25-29-12-8-13-30-25)19(23(33)34)15-17-11-14-28-21(27)16-17/h8,11-14,16,18-20,22H,3-7,9-10,15H2,1-2H3,(H2,27,28)(H,31,36)/t19-,20-,22+/m1/s1. The second-order valence-electron chi connectivity index (χ2n) is 9.55. The van der Waals surface area contributed by atoms with Crippen molar-refractivity contribution in [3.8, 4) is 0 Å². The number of urea groups is 1. The zero-order valence-electron chi connectivity index (χ0n) is 21.0. The van der Waals surface area contributed by atoms with E-state index in [2.05, 4.69) is 20.3 Å². The Balaban J connectivity index is 1.58. The average molecular weight is 494 g/mol. The van der Waals surface area contributed by atoms with Crippen molar-refractivity contribution in [2.45, 2.75) is 70.9 Å². The molecular formula is C26H35N7O3. The predicted octanol–water partition coefficient (Wildman–Crippen LogP) is 2.94. The SMILES string of the molecule is CC[C@@H](NC(=O)N1C(=O)[C@H](Cc2ccnc(N)c2)[C@H]1C(=O)N(CC)c1ncccn1)C1CCCCC1. The summed E-state index contributed by atoms with van der Waals surface area (Å²) in [5.41, 5.74) is 6.61. The molecule has 3 heterocycles. The van der Waals surface area contributed by atoms with Crippen molar-refractivity contribution in [2.24, 2.45) is 11.8 Å². The maximum Gasteiger partial charge on any atom is 0.325 e. The molecule has 192 valence electrons. The fraction of sp³-hybridized carbons (Fsp3) is 0.538. The normalized spacial score (nSPS) is 20.9. The van der Waals surface area contributed by atoms with E-state index in [1.807, 2.05) is 13.8 Å². The predicted molar refractivity (Wildman–Crippen MR) is 136 cm³/mol. The summed E-state index contributed by atoms with van der Waals surface area (Å²) in [7, 11) is 0. The molecule has 10 nitrogen and oxygen atoms in total. The Hall–Kier alpha value is -3.56. The number of nitrogens with two attached hydrogens (primary N) is 1. The molecule has 0 bridgehead atoms. The summed E-state index contributed by atoms with van der Waals surface area (Å²) in [6.07, 6.45) is 11.4. The zero-order chi connectivity index (χ0) is 25.7. The van der Waals surface area contributed by atoms with E-state index in [0.29, 0.717) is 18.3 Å². The summed E-state index contributed by atoms with van der Waals surface area (Å²) < 4.78 is 0. The molecule has 1 aliphatic carbocycles. The molecule has 4 rings (SSSR count). The molecule has 4 amide bonds. The number of nitrogens with zero attached hydrogens (tertiary/aromatic N) is 5. The van der Waals surface area contributed by atoms with E-state index in [1.165, 1.54) is 11.3 Å². The molecular weight excluding hydrogens is 458 g/mol. The Bertz CT molecular complexity index is 1070. The van der Waals surface area contributed by atoms with Crippen LogP contribution >= 0.6 is 0 Å².